The molecule has 0 aliphatic heterocycles. The van der Waals surface area contributed by atoms with Gasteiger partial charge >= 0.3 is 6.09 Å². The Hall–Kier alpha value is -1.59. The second-order valence-electron chi connectivity index (χ2n) is 10.5. The summed E-state index contributed by atoms with van der Waals surface area (Å²) in [7, 11) is 12.6. The molecule has 0 bridgehead atoms. The van der Waals surface area contributed by atoms with Gasteiger partial charge in [-0.3, -0.25) is 0 Å². The molecule has 1 amide bonds. The van der Waals surface area contributed by atoms with E-state index in [0.717, 1.165) is 27.6 Å². The molecule has 5 nitrogen and oxygen atoms in total. The number of amides is 1. The second-order valence-corrected chi connectivity index (χ2v) is 10.5. The Balaban J connectivity index is 2.25. The number of ether oxygens (including phenoxy) is 1. The molecule has 0 aliphatic rings. The van der Waals surface area contributed by atoms with Crippen molar-refractivity contribution in [2.45, 2.75) is 64.8 Å². The number of quaternary nitrogens is 2. The fourth-order valence-electron chi connectivity index (χ4n) is 3.76. The van der Waals surface area contributed by atoms with Crippen LogP contribution in [0.3, 0.4) is 0 Å². The van der Waals surface area contributed by atoms with Crippen molar-refractivity contribution in [3.63, 3.8) is 0 Å². The van der Waals surface area contributed by atoms with Crippen LogP contribution in [0.2, 0.25) is 0 Å². The van der Waals surface area contributed by atoms with Gasteiger partial charge in [-0.15, -0.1) is 0 Å². The minimum absolute atomic E-state index is 0.328. The number of rotatable bonds is 15. The Morgan fingerprint density at radius 3 is 1.81 bits per heavy atom. The average molecular weight is 436 g/mol. The summed E-state index contributed by atoms with van der Waals surface area (Å²) in [5.74, 6) is 0.675. The molecule has 0 spiro atoms. The summed E-state index contributed by atoms with van der Waals surface area (Å²) in [6.07, 6.45) is 10.4. The van der Waals surface area contributed by atoms with E-state index in [-0.39, 0.29) is 6.09 Å². The highest BCUT2D eigenvalue weighted by Gasteiger charge is 2.19. The molecule has 0 saturated carbocycles. The van der Waals surface area contributed by atoms with Gasteiger partial charge in [-0.2, -0.15) is 0 Å². The number of hydrogen-bond acceptors (Lipinski definition) is 2. The van der Waals surface area contributed by atoms with Gasteiger partial charge in [0.15, 0.2) is 0 Å². The molecule has 1 aromatic carbocycles. The molecule has 178 valence electrons. The van der Waals surface area contributed by atoms with E-state index in [1.54, 1.807) is 14.1 Å². The van der Waals surface area contributed by atoms with Crippen LogP contribution in [0.25, 0.3) is 0 Å². The lowest BCUT2D eigenvalue weighted by Gasteiger charge is -2.30. The minimum Gasteiger partial charge on any atom is -0.410 e. The van der Waals surface area contributed by atoms with E-state index >= 15 is 0 Å². The molecule has 0 aromatic heterocycles. The van der Waals surface area contributed by atoms with E-state index in [1.807, 2.05) is 18.2 Å². The maximum Gasteiger partial charge on any atom is 0.414 e. The fourth-order valence-corrected chi connectivity index (χ4v) is 3.76. The molecule has 0 radical (unpaired) electrons. The van der Waals surface area contributed by atoms with Crippen LogP contribution in [0.4, 0.5) is 4.79 Å². The van der Waals surface area contributed by atoms with E-state index in [1.165, 1.54) is 69.4 Å². The highest BCUT2D eigenvalue weighted by atomic mass is 16.6. The van der Waals surface area contributed by atoms with Gasteiger partial charge in [0.25, 0.3) is 0 Å². The number of hydrogen-bond donors (Lipinski definition) is 0. The summed E-state index contributed by atoms with van der Waals surface area (Å²) in [6, 6.07) is 7.90. The summed E-state index contributed by atoms with van der Waals surface area (Å²) in [6.45, 7) is 6.81. The standard InChI is InChI=1S/C26H49N3O2/c1-8-28(4,5)21-17-13-11-9-10-12-14-18-22-29(6,7)23-24-19-15-16-20-25(24)31-26(30)27(2)3/h15-16,19-20H,8-14,17-18,21-23H2,1-7H3/q+2. The van der Waals surface area contributed by atoms with Gasteiger partial charge in [0.2, 0.25) is 0 Å². The zero-order chi connectivity index (χ0) is 23.3. The van der Waals surface area contributed by atoms with Gasteiger partial charge in [-0.05, 0) is 44.7 Å². The van der Waals surface area contributed by atoms with E-state index in [2.05, 4.69) is 41.2 Å². The highest BCUT2D eigenvalue weighted by molar-refractivity contribution is 5.70. The van der Waals surface area contributed by atoms with Crippen LogP contribution in [-0.4, -0.2) is 81.9 Å². The smallest absolute Gasteiger partial charge is 0.410 e. The molecule has 0 unspecified atom stereocenters. The lowest BCUT2D eigenvalue weighted by atomic mass is 10.1. The van der Waals surface area contributed by atoms with Gasteiger partial charge in [0.1, 0.15) is 12.3 Å². The minimum atomic E-state index is -0.328. The Labute approximate surface area is 192 Å². The van der Waals surface area contributed by atoms with Gasteiger partial charge < -0.3 is 18.6 Å². The monoisotopic (exact) mass is 435 g/mol. The molecule has 31 heavy (non-hydrogen) atoms. The molecule has 0 aliphatic carbocycles. The van der Waals surface area contributed by atoms with Crippen LogP contribution < -0.4 is 4.74 Å². The molecule has 0 N–H and O–H groups in total. The number of para-hydroxylation sites is 1. The average Bonchev–Trinajstić information content (AvgIpc) is 2.70. The van der Waals surface area contributed by atoms with E-state index in [4.69, 9.17) is 4.74 Å². The second kappa shape index (κ2) is 13.7. The van der Waals surface area contributed by atoms with Crippen molar-refractivity contribution in [2.24, 2.45) is 0 Å². The van der Waals surface area contributed by atoms with Crippen LogP contribution in [0.5, 0.6) is 5.75 Å². The predicted molar refractivity (Wildman–Crippen MR) is 131 cm³/mol. The van der Waals surface area contributed by atoms with Gasteiger partial charge in [0, 0.05) is 19.7 Å². The molecular weight excluding hydrogens is 386 g/mol. The molecule has 0 saturated heterocycles. The molecule has 1 rings (SSSR count). The van der Waals surface area contributed by atoms with Crippen molar-refractivity contribution in [3.05, 3.63) is 29.8 Å². The summed E-state index contributed by atoms with van der Waals surface area (Å²) in [4.78, 5) is 13.4. The molecule has 5 heteroatoms. The Bertz CT molecular complexity index is 641. The number of carbonyl (C=O) groups is 1. The quantitative estimate of drug-likeness (QED) is 0.267. The Morgan fingerprint density at radius 2 is 1.29 bits per heavy atom. The lowest BCUT2D eigenvalue weighted by molar-refractivity contribution is -0.903. The van der Waals surface area contributed by atoms with Crippen molar-refractivity contribution in [3.8, 4) is 5.75 Å². The molecule has 1 aromatic rings. The van der Waals surface area contributed by atoms with Gasteiger partial charge in [-0.1, -0.05) is 37.8 Å². The molecule has 0 fully saturated rings. The Morgan fingerprint density at radius 1 is 0.806 bits per heavy atom. The van der Waals surface area contributed by atoms with Gasteiger partial charge in [0.05, 0.1) is 47.8 Å². The number of benzene rings is 1. The topological polar surface area (TPSA) is 29.5 Å². The van der Waals surface area contributed by atoms with Crippen molar-refractivity contribution in [2.75, 3.05) is 61.9 Å². The van der Waals surface area contributed by atoms with Crippen LogP contribution in [-0.2, 0) is 6.54 Å². The summed E-state index contributed by atoms with van der Waals surface area (Å²) in [5, 5.41) is 0. The summed E-state index contributed by atoms with van der Waals surface area (Å²) >= 11 is 0. The zero-order valence-electron chi connectivity index (χ0n) is 21.5. The van der Waals surface area contributed by atoms with Crippen LogP contribution in [0.15, 0.2) is 24.3 Å². The highest BCUT2D eigenvalue weighted by Crippen LogP contribution is 2.23. The van der Waals surface area contributed by atoms with E-state index in [0.29, 0.717) is 5.75 Å². The van der Waals surface area contributed by atoms with Crippen molar-refractivity contribution < 1.29 is 18.5 Å². The predicted octanol–water partition coefficient (Wildman–Crippen LogP) is 5.54. The first kappa shape index (κ1) is 27.4. The van der Waals surface area contributed by atoms with Crippen molar-refractivity contribution >= 4 is 6.09 Å². The van der Waals surface area contributed by atoms with Crippen molar-refractivity contribution in [1.29, 1.82) is 0 Å². The van der Waals surface area contributed by atoms with Crippen LogP contribution >= 0.6 is 0 Å². The van der Waals surface area contributed by atoms with Crippen LogP contribution in [0, 0.1) is 0 Å². The first-order chi connectivity index (χ1) is 14.6. The molecule has 0 heterocycles. The molecule has 0 atom stereocenters. The van der Waals surface area contributed by atoms with E-state index < -0.39 is 0 Å². The van der Waals surface area contributed by atoms with Crippen LogP contribution in [0.1, 0.15) is 63.9 Å². The van der Waals surface area contributed by atoms with E-state index in [9.17, 15) is 4.79 Å². The number of carbonyl (C=O) groups excluding carboxylic acids is 1. The Kier molecular flexibility index (Phi) is 12.2. The largest absolute Gasteiger partial charge is 0.414 e. The first-order valence-corrected chi connectivity index (χ1v) is 12.2. The molecular formula is C26H49N3O2+2. The normalized spacial score (nSPS) is 12.1. The fraction of sp³-hybridized carbons (Fsp3) is 0.731. The number of nitrogens with zero attached hydrogens (tertiary/aromatic N) is 3. The zero-order valence-corrected chi connectivity index (χ0v) is 21.5. The lowest BCUT2D eigenvalue weighted by Crippen LogP contribution is -2.39. The third-order valence-corrected chi connectivity index (χ3v) is 6.27. The van der Waals surface area contributed by atoms with Crippen molar-refractivity contribution in [1.82, 2.24) is 4.90 Å². The SMILES string of the molecule is CC[N+](C)(C)CCCCCCCCCC[N+](C)(C)Cc1ccccc1OC(=O)N(C)C. The maximum absolute atomic E-state index is 11.9. The van der Waals surface area contributed by atoms with Gasteiger partial charge in [-0.25, -0.2) is 4.79 Å². The summed E-state index contributed by atoms with van der Waals surface area (Å²) in [5.41, 5.74) is 1.09. The third-order valence-electron chi connectivity index (χ3n) is 6.27. The first-order valence-electron chi connectivity index (χ1n) is 12.2. The summed E-state index contributed by atoms with van der Waals surface area (Å²) < 4.78 is 7.61. The maximum atomic E-state index is 11.9. The third kappa shape index (κ3) is 12.1. The number of unbranched alkanes of at least 4 members (excludes halogenated alkanes) is 7.